The Morgan fingerprint density at radius 1 is 1.35 bits per heavy atom. The standard InChI is InChI=1S/C14H24O5S/c1-7-9-14(11(15)20-8-2)10-18-12(3,16-5)13(4,17-6)19-14/h7H,1,8-10H2,2-6H3/t12-,13-,14+/m1/s1. The summed E-state index contributed by atoms with van der Waals surface area (Å²) in [6.07, 6.45) is 2.01. The molecule has 1 saturated heterocycles. The lowest BCUT2D eigenvalue weighted by molar-refractivity contribution is -0.442. The number of rotatable bonds is 6. The van der Waals surface area contributed by atoms with Crippen LogP contribution in [0.3, 0.4) is 0 Å². The molecule has 0 N–H and O–H groups in total. The molecule has 20 heavy (non-hydrogen) atoms. The van der Waals surface area contributed by atoms with Crippen LogP contribution in [0.4, 0.5) is 0 Å². The molecule has 5 nitrogen and oxygen atoms in total. The Morgan fingerprint density at radius 2 is 1.95 bits per heavy atom. The molecule has 0 aromatic carbocycles. The maximum atomic E-state index is 12.4. The van der Waals surface area contributed by atoms with Gasteiger partial charge in [0.1, 0.15) is 0 Å². The Kier molecular flexibility index (Phi) is 5.80. The van der Waals surface area contributed by atoms with Crippen LogP contribution in [-0.2, 0) is 23.7 Å². The number of methoxy groups -OCH3 is 2. The summed E-state index contributed by atoms with van der Waals surface area (Å²) in [5.41, 5.74) is -1.09. The van der Waals surface area contributed by atoms with Crippen LogP contribution in [0.2, 0.25) is 0 Å². The fourth-order valence-electron chi connectivity index (χ4n) is 2.13. The zero-order valence-electron chi connectivity index (χ0n) is 12.9. The second-order valence-corrected chi connectivity index (χ2v) is 6.13. The van der Waals surface area contributed by atoms with Crippen molar-refractivity contribution in [3.05, 3.63) is 12.7 Å². The van der Waals surface area contributed by atoms with E-state index in [4.69, 9.17) is 18.9 Å². The molecule has 0 radical (unpaired) electrons. The molecular formula is C14H24O5S. The van der Waals surface area contributed by atoms with Crippen LogP contribution < -0.4 is 0 Å². The van der Waals surface area contributed by atoms with E-state index in [1.807, 2.05) is 6.92 Å². The zero-order valence-corrected chi connectivity index (χ0v) is 13.7. The van der Waals surface area contributed by atoms with E-state index in [-0.39, 0.29) is 11.7 Å². The lowest BCUT2D eigenvalue weighted by atomic mass is 9.97. The average Bonchev–Trinajstić information content (AvgIpc) is 2.43. The Hall–Kier alpha value is -0.400. The SMILES string of the molecule is C=CC[C@@]1(C(=O)SCC)CO[C@@](C)(OC)[C@](C)(OC)O1. The van der Waals surface area contributed by atoms with Crippen molar-refractivity contribution in [2.75, 3.05) is 26.6 Å². The number of hydrogen-bond donors (Lipinski definition) is 0. The second kappa shape index (κ2) is 6.58. The smallest absolute Gasteiger partial charge is 0.223 e. The first-order valence-corrected chi connectivity index (χ1v) is 7.54. The van der Waals surface area contributed by atoms with E-state index in [0.29, 0.717) is 12.2 Å². The summed E-state index contributed by atoms with van der Waals surface area (Å²) in [5, 5.41) is -0.0821. The maximum absolute atomic E-state index is 12.4. The minimum atomic E-state index is -1.19. The van der Waals surface area contributed by atoms with Gasteiger partial charge >= 0.3 is 0 Å². The van der Waals surface area contributed by atoms with Crippen LogP contribution in [-0.4, -0.2) is 48.9 Å². The molecule has 0 amide bonds. The number of hydrogen-bond acceptors (Lipinski definition) is 6. The summed E-state index contributed by atoms with van der Waals surface area (Å²) in [6.45, 7) is 9.16. The molecule has 116 valence electrons. The largest absolute Gasteiger partial charge is 0.349 e. The molecule has 0 aliphatic carbocycles. The maximum Gasteiger partial charge on any atom is 0.223 e. The highest BCUT2D eigenvalue weighted by molar-refractivity contribution is 8.13. The normalized spacial score (nSPS) is 37.6. The number of ether oxygens (including phenoxy) is 4. The van der Waals surface area contributed by atoms with Crippen LogP contribution in [0.1, 0.15) is 27.2 Å². The molecule has 3 atom stereocenters. The monoisotopic (exact) mass is 304 g/mol. The highest BCUT2D eigenvalue weighted by Crippen LogP contribution is 2.43. The Balaban J connectivity index is 3.13. The summed E-state index contributed by atoms with van der Waals surface area (Å²) in [7, 11) is 3.02. The van der Waals surface area contributed by atoms with Crippen LogP contribution >= 0.6 is 11.8 Å². The molecule has 6 heteroatoms. The van der Waals surface area contributed by atoms with E-state index in [2.05, 4.69) is 6.58 Å². The van der Waals surface area contributed by atoms with Gasteiger partial charge in [-0.3, -0.25) is 4.79 Å². The van der Waals surface area contributed by atoms with E-state index in [9.17, 15) is 4.79 Å². The molecule has 0 aromatic heterocycles. The van der Waals surface area contributed by atoms with E-state index in [1.165, 1.54) is 26.0 Å². The molecule has 1 aliphatic heterocycles. The molecule has 1 aliphatic rings. The summed E-state index contributed by atoms with van der Waals surface area (Å²) < 4.78 is 22.7. The molecule has 0 bridgehead atoms. The van der Waals surface area contributed by atoms with Gasteiger partial charge in [0.15, 0.2) is 5.60 Å². The van der Waals surface area contributed by atoms with Crippen molar-refractivity contribution in [3.8, 4) is 0 Å². The fourth-order valence-corrected chi connectivity index (χ4v) is 2.84. The van der Waals surface area contributed by atoms with Crippen molar-refractivity contribution in [3.63, 3.8) is 0 Å². The van der Waals surface area contributed by atoms with Gasteiger partial charge in [0, 0.05) is 20.6 Å². The summed E-state index contributed by atoms with van der Waals surface area (Å²) in [5.74, 6) is -1.59. The van der Waals surface area contributed by atoms with Gasteiger partial charge in [0.25, 0.3) is 0 Å². The van der Waals surface area contributed by atoms with E-state index in [1.54, 1.807) is 19.9 Å². The van der Waals surface area contributed by atoms with Gasteiger partial charge in [-0.25, -0.2) is 0 Å². The summed E-state index contributed by atoms with van der Waals surface area (Å²) in [4.78, 5) is 12.4. The first kappa shape index (κ1) is 17.7. The van der Waals surface area contributed by atoms with Crippen LogP contribution in [0.25, 0.3) is 0 Å². The van der Waals surface area contributed by atoms with Crippen molar-refractivity contribution in [2.45, 2.75) is 44.4 Å². The number of thioether (sulfide) groups is 1. The number of carbonyl (C=O) groups is 1. The Morgan fingerprint density at radius 3 is 2.40 bits per heavy atom. The van der Waals surface area contributed by atoms with Crippen molar-refractivity contribution >= 4 is 16.9 Å². The van der Waals surface area contributed by atoms with Crippen molar-refractivity contribution in [2.24, 2.45) is 0 Å². The van der Waals surface area contributed by atoms with Crippen molar-refractivity contribution < 1.29 is 23.7 Å². The van der Waals surface area contributed by atoms with Gasteiger partial charge < -0.3 is 18.9 Å². The highest BCUT2D eigenvalue weighted by atomic mass is 32.2. The topological polar surface area (TPSA) is 54.0 Å². The third-order valence-corrected chi connectivity index (χ3v) is 4.62. The lowest BCUT2D eigenvalue weighted by Gasteiger charge is -2.52. The molecule has 0 unspecified atom stereocenters. The molecule has 1 heterocycles. The Labute approximate surface area is 125 Å². The van der Waals surface area contributed by atoms with E-state index >= 15 is 0 Å². The van der Waals surface area contributed by atoms with Crippen LogP contribution in [0.5, 0.6) is 0 Å². The molecule has 0 saturated carbocycles. The fraction of sp³-hybridized carbons (Fsp3) is 0.786. The van der Waals surface area contributed by atoms with Gasteiger partial charge in [-0.15, -0.1) is 6.58 Å². The van der Waals surface area contributed by atoms with E-state index in [0.717, 1.165) is 0 Å². The zero-order chi connectivity index (χ0) is 15.4. The van der Waals surface area contributed by atoms with E-state index < -0.39 is 17.2 Å². The highest BCUT2D eigenvalue weighted by Gasteiger charge is 2.60. The first-order valence-electron chi connectivity index (χ1n) is 6.55. The molecular weight excluding hydrogens is 280 g/mol. The summed E-state index contributed by atoms with van der Waals surface area (Å²) in [6, 6.07) is 0. The number of carbonyl (C=O) groups excluding carboxylic acids is 1. The van der Waals surface area contributed by atoms with Crippen LogP contribution in [0, 0.1) is 0 Å². The van der Waals surface area contributed by atoms with Crippen LogP contribution in [0.15, 0.2) is 12.7 Å². The third-order valence-electron chi connectivity index (χ3n) is 3.70. The molecule has 1 rings (SSSR count). The minimum absolute atomic E-state index is 0.0821. The molecule has 0 aromatic rings. The lowest BCUT2D eigenvalue weighted by Crippen LogP contribution is -2.68. The third kappa shape index (κ3) is 2.94. The second-order valence-electron chi connectivity index (χ2n) is 4.90. The minimum Gasteiger partial charge on any atom is -0.349 e. The van der Waals surface area contributed by atoms with Gasteiger partial charge in [-0.05, 0) is 19.6 Å². The molecule has 1 fully saturated rings. The van der Waals surface area contributed by atoms with Gasteiger partial charge in [-0.2, -0.15) is 0 Å². The predicted molar refractivity (Wildman–Crippen MR) is 78.5 cm³/mol. The first-order chi connectivity index (χ1) is 9.33. The quantitative estimate of drug-likeness (QED) is 0.702. The average molecular weight is 304 g/mol. The predicted octanol–water partition coefficient (Wildman–Crippen LogP) is 2.35. The van der Waals surface area contributed by atoms with Gasteiger partial charge in [-0.1, -0.05) is 24.8 Å². The van der Waals surface area contributed by atoms with Gasteiger partial charge in [0.05, 0.1) is 6.61 Å². The Bertz CT molecular complexity index is 375. The summed E-state index contributed by atoms with van der Waals surface area (Å²) >= 11 is 1.21. The molecule has 0 spiro atoms. The van der Waals surface area contributed by atoms with Crippen molar-refractivity contribution in [1.29, 1.82) is 0 Å². The van der Waals surface area contributed by atoms with Gasteiger partial charge in [0.2, 0.25) is 16.7 Å². The van der Waals surface area contributed by atoms with Crippen molar-refractivity contribution in [1.82, 2.24) is 0 Å².